The Hall–Kier alpha value is -1.84. The number of benzene rings is 1. The number of imide groups is 1. The van der Waals surface area contributed by atoms with Gasteiger partial charge >= 0.3 is 0 Å². The van der Waals surface area contributed by atoms with Crippen LogP contribution in [0.25, 0.3) is 0 Å². The molecule has 0 radical (unpaired) electrons. The van der Waals surface area contributed by atoms with Crippen LogP contribution in [-0.4, -0.2) is 17.4 Å². The molecular weight excluding hydrogens is 242 g/mol. The largest absolute Gasteiger partial charge is 0.487 e. The van der Waals surface area contributed by atoms with Crippen molar-refractivity contribution in [1.82, 2.24) is 5.32 Å². The van der Waals surface area contributed by atoms with Crippen LogP contribution >= 0.6 is 0 Å². The van der Waals surface area contributed by atoms with E-state index in [0.717, 1.165) is 17.7 Å². The Bertz CT molecular complexity index is 547. The molecule has 1 saturated heterocycles. The molecule has 100 valence electrons. The number of piperidine rings is 1. The first kappa shape index (κ1) is 12.2. The van der Waals surface area contributed by atoms with Crippen molar-refractivity contribution in [3.8, 4) is 5.75 Å². The first-order chi connectivity index (χ1) is 8.94. The van der Waals surface area contributed by atoms with Crippen LogP contribution in [0.3, 0.4) is 0 Å². The molecule has 0 atom stereocenters. The molecule has 3 rings (SSSR count). The molecule has 1 N–H and O–H groups in total. The first-order valence-electron chi connectivity index (χ1n) is 6.58. The van der Waals surface area contributed by atoms with E-state index in [0.29, 0.717) is 12.8 Å². The Morgan fingerprint density at radius 3 is 2.58 bits per heavy atom. The summed E-state index contributed by atoms with van der Waals surface area (Å²) in [7, 11) is 0. The third-order valence-electron chi connectivity index (χ3n) is 3.70. The van der Waals surface area contributed by atoms with Crippen molar-refractivity contribution in [3.63, 3.8) is 0 Å². The van der Waals surface area contributed by atoms with E-state index in [4.69, 9.17) is 4.74 Å². The molecule has 0 aromatic heterocycles. The molecule has 0 spiro atoms. The number of rotatable bonds is 1. The van der Waals surface area contributed by atoms with Gasteiger partial charge in [0, 0.05) is 25.2 Å². The van der Waals surface area contributed by atoms with Gasteiger partial charge in [-0.3, -0.25) is 14.9 Å². The lowest BCUT2D eigenvalue weighted by atomic mass is 9.87. The zero-order chi connectivity index (χ0) is 13.6. The average molecular weight is 259 g/mol. The Balaban J connectivity index is 1.97. The van der Waals surface area contributed by atoms with Crippen LogP contribution in [0.4, 0.5) is 0 Å². The second-order valence-electron chi connectivity index (χ2n) is 5.95. The van der Waals surface area contributed by atoms with Gasteiger partial charge in [-0.25, -0.2) is 0 Å². The number of ether oxygens (including phenoxy) is 1. The van der Waals surface area contributed by atoms with Gasteiger partial charge in [-0.2, -0.15) is 0 Å². The molecule has 1 aromatic rings. The summed E-state index contributed by atoms with van der Waals surface area (Å²) in [5, 5.41) is 2.34. The maximum absolute atomic E-state index is 11.5. The van der Waals surface area contributed by atoms with Crippen molar-refractivity contribution in [2.45, 2.75) is 44.6 Å². The average Bonchev–Trinajstić information content (AvgIpc) is 2.60. The fraction of sp³-hybridized carbons (Fsp3) is 0.467. The molecule has 0 aliphatic carbocycles. The highest BCUT2D eigenvalue weighted by molar-refractivity contribution is 5.98. The summed E-state index contributed by atoms with van der Waals surface area (Å²) in [5.74, 6) is 0.414. The number of fused-ring (bicyclic) bond motifs is 1. The summed E-state index contributed by atoms with van der Waals surface area (Å²) >= 11 is 0. The number of hydrogen-bond acceptors (Lipinski definition) is 3. The standard InChI is InChI=1S/C15H17NO3/c1-15(2)8-9-4-3-5-11(14(9)19-15)10-6-12(17)16-13(18)7-10/h3-5,10H,6-8H2,1-2H3,(H,16,17,18). The van der Waals surface area contributed by atoms with Crippen molar-refractivity contribution >= 4 is 11.8 Å². The first-order valence-corrected chi connectivity index (χ1v) is 6.58. The highest BCUT2D eigenvalue weighted by Gasteiger charge is 2.35. The van der Waals surface area contributed by atoms with E-state index in [9.17, 15) is 9.59 Å². The van der Waals surface area contributed by atoms with Crippen molar-refractivity contribution in [2.75, 3.05) is 0 Å². The topological polar surface area (TPSA) is 55.4 Å². The molecule has 4 nitrogen and oxygen atoms in total. The van der Waals surface area contributed by atoms with Crippen LogP contribution < -0.4 is 10.1 Å². The van der Waals surface area contributed by atoms with Gasteiger partial charge in [0.1, 0.15) is 11.4 Å². The highest BCUT2D eigenvalue weighted by Crippen LogP contribution is 2.42. The molecule has 1 aromatic carbocycles. The lowest BCUT2D eigenvalue weighted by Gasteiger charge is -2.24. The van der Waals surface area contributed by atoms with Crippen LogP contribution in [0.2, 0.25) is 0 Å². The summed E-state index contributed by atoms with van der Waals surface area (Å²) in [6, 6.07) is 6.00. The molecule has 0 bridgehead atoms. The number of carbonyl (C=O) groups excluding carboxylic acids is 2. The minimum Gasteiger partial charge on any atom is -0.487 e. The van der Waals surface area contributed by atoms with E-state index in [2.05, 4.69) is 25.2 Å². The van der Waals surface area contributed by atoms with E-state index in [1.165, 1.54) is 5.56 Å². The van der Waals surface area contributed by atoms with Crippen molar-refractivity contribution in [1.29, 1.82) is 0 Å². The highest BCUT2D eigenvalue weighted by atomic mass is 16.5. The van der Waals surface area contributed by atoms with E-state index >= 15 is 0 Å². The number of nitrogens with one attached hydrogen (secondary N) is 1. The third kappa shape index (κ3) is 2.23. The van der Waals surface area contributed by atoms with E-state index in [-0.39, 0.29) is 23.3 Å². The predicted octanol–water partition coefficient (Wildman–Crippen LogP) is 1.92. The fourth-order valence-electron chi connectivity index (χ4n) is 2.96. The Morgan fingerprint density at radius 1 is 1.21 bits per heavy atom. The van der Waals surface area contributed by atoms with Crippen LogP contribution in [0.5, 0.6) is 5.75 Å². The van der Waals surface area contributed by atoms with Crippen molar-refractivity contribution in [2.24, 2.45) is 0 Å². The summed E-state index contributed by atoms with van der Waals surface area (Å²) in [5.41, 5.74) is 1.95. The molecule has 19 heavy (non-hydrogen) atoms. The van der Waals surface area contributed by atoms with Crippen LogP contribution in [0, 0.1) is 0 Å². The minimum atomic E-state index is -0.209. The Kier molecular flexibility index (Phi) is 2.62. The number of hydrogen-bond donors (Lipinski definition) is 1. The quantitative estimate of drug-likeness (QED) is 0.784. The molecule has 4 heteroatoms. The molecule has 1 fully saturated rings. The molecule has 2 heterocycles. The molecule has 2 aliphatic heterocycles. The molecular formula is C15H17NO3. The number of amides is 2. The lowest BCUT2D eigenvalue weighted by molar-refractivity contribution is -0.133. The zero-order valence-corrected chi connectivity index (χ0v) is 11.2. The second-order valence-corrected chi connectivity index (χ2v) is 5.95. The van der Waals surface area contributed by atoms with Crippen LogP contribution in [0.1, 0.15) is 43.7 Å². The van der Waals surface area contributed by atoms with Gasteiger partial charge in [0.05, 0.1) is 0 Å². The van der Waals surface area contributed by atoms with Crippen molar-refractivity contribution in [3.05, 3.63) is 29.3 Å². The maximum atomic E-state index is 11.5. The SMILES string of the molecule is CC1(C)Cc2cccc(C3CC(=O)NC(=O)C3)c2O1. The second kappa shape index (κ2) is 4.08. The van der Waals surface area contributed by atoms with E-state index in [1.54, 1.807) is 0 Å². The van der Waals surface area contributed by atoms with Gasteiger partial charge in [-0.1, -0.05) is 18.2 Å². The normalized spacial score (nSPS) is 21.8. The third-order valence-corrected chi connectivity index (χ3v) is 3.70. The monoisotopic (exact) mass is 259 g/mol. The lowest BCUT2D eigenvalue weighted by Crippen LogP contribution is -2.37. The number of carbonyl (C=O) groups is 2. The predicted molar refractivity (Wildman–Crippen MR) is 70.0 cm³/mol. The summed E-state index contributed by atoms with van der Waals surface area (Å²) in [6.45, 7) is 4.10. The van der Waals surface area contributed by atoms with Gasteiger partial charge in [-0.05, 0) is 25.0 Å². The molecule has 2 amide bonds. The van der Waals surface area contributed by atoms with Gasteiger partial charge in [-0.15, -0.1) is 0 Å². The summed E-state index contributed by atoms with van der Waals surface area (Å²) in [6.07, 6.45) is 1.57. The molecule has 2 aliphatic rings. The van der Waals surface area contributed by atoms with E-state index in [1.807, 2.05) is 12.1 Å². The minimum absolute atomic E-state index is 0.0647. The fourth-order valence-corrected chi connectivity index (χ4v) is 2.96. The molecule has 0 saturated carbocycles. The number of para-hydroxylation sites is 1. The zero-order valence-electron chi connectivity index (χ0n) is 11.2. The molecule has 0 unspecified atom stereocenters. The van der Waals surface area contributed by atoms with Gasteiger partial charge < -0.3 is 4.74 Å². The Morgan fingerprint density at radius 2 is 1.89 bits per heavy atom. The summed E-state index contributed by atoms with van der Waals surface area (Å²) < 4.78 is 6.01. The van der Waals surface area contributed by atoms with Crippen LogP contribution in [0.15, 0.2) is 18.2 Å². The smallest absolute Gasteiger partial charge is 0.227 e. The van der Waals surface area contributed by atoms with Gasteiger partial charge in [0.25, 0.3) is 0 Å². The van der Waals surface area contributed by atoms with Gasteiger partial charge in [0.15, 0.2) is 0 Å². The van der Waals surface area contributed by atoms with Gasteiger partial charge in [0.2, 0.25) is 11.8 Å². The van der Waals surface area contributed by atoms with Crippen molar-refractivity contribution < 1.29 is 14.3 Å². The van der Waals surface area contributed by atoms with Crippen LogP contribution in [-0.2, 0) is 16.0 Å². The van der Waals surface area contributed by atoms with E-state index < -0.39 is 0 Å². The summed E-state index contributed by atoms with van der Waals surface area (Å²) in [4.78, 5) is 23.0. The maximum Gasteiger partial charge on any atom is 0.227 e. The Labute approximate surface area is 112 Å².